The molecule has 0 aromatic carbocycles. The molecular formula is C20H29ClN6O5S. The zero-order valence-electron chi connectivity index (χ0n) is 18.8. The Morgan fingerprint density at radius 2 is 1.88 bits per heavy atom. The van der Waals surface area contributed by atoms with Gasteiger partial charge in [-0.3, -0.25) is 9.29 Å². The fourth-order valence-electron chi connectivity index (χ4n) is 4.25. The minimum Gasteiger partial charge on any atom is -0.381 e. The van der Waals surface area contributed by atoms with Gasteiger partial charge in [-0.1, -0.05) is 11.6 Å². The van der Waals surface area contributed by atoms with Crippen LogP contribution in [-0.4, -0.2) is 64.8 Å². The monoisotopic (exact) mass is 500 g/mol. The van der Waals surface area contributed by atoms with E-state index in [9.17, 15) is 8.42 Å². The van der Waals surface area contributed by atoms with E-state index < -0.39 is 21.4 Å². The third kappa shape index (κ3) is 5.29. The van der Waals surface area contributed by atoms with Gasteiger partial charge < -0.3 is 14.2 Å². The van der Waals surface area contributed by atoms with Crippen LogP contribution in [0.1, 0.15) is 69.4 Å². The van der Waals surface area contributed by atoms with Crippen molar-refractivity contribution in [3.05, 3.63) is 29.1 Å². The first-order valence-corrected chi connectivity index (χ1v) is 12.9. The first-order valence-electron chi connectivity index (χ1n) is 11.0. The summed E-state index contributed by atoms with van der Waals surface area (Å²) in [5.41, 5.74) is 0. The molecule has 2 aromatic heterocycles. The van der Waals surface area contributed by atoms with E-state index in [2.05, 4.69) is 24.9 Å². The second-order valence-electron chi connectivity index (χ2n) is 8.38. The zero-order chi connectivity index (χ0) is 23.6. The smallest absolute Gasteiger partial charge is 0.240 e. The Bertz CT molecular complexity index is 1040. The highest BCUT2D eigenvalue weighted by Crippen LogP contribution is 2.36. The van der Waals surface area contributed by atoms with Gasteiger partial charge in [0, 0.05) is 38.8 Å². The van der Waals surface area contributed by atoms with Gasteiger partial charge in [-0.05, 0) is 39.5 Å². The molecular weight excluding hydrogens is 472 g/mol. The van der Waals surface area contributed by atoms with Crippen LogP contribution in [0.5, 0.6) is 0 Å². The lowest BCUT2D eigenvalue weighted by Gasteiger charge is -2.28. The number of aromatic nitrogens is 5. The minimum absolute atomic E-state index is 0.00841. The van der Waals surface area contributed by atoms with E-state index in [-0.39, 0.29) is 30.0 Å². The van der Waals surface area contributed by atoms with E-state index in [1.165, 1.54) is 26.4 Å². The number of halogens is 1. The second-order valence-corrected chi connectivity index (χ2v) is 10.9. The Morgan fingerprint density at radius 3 is 2.48 bits per heavy atom. The van der Waals surface area contributed by atoms with Crippen molar-refractivity contribution in [1.82, 2.24) is 24.7 Å². The van der Waals surface area contributed by atoms with Gasteiger partial charge in [0.1, 0.15) is 17.5 Å². The molecule has 0 saturated carbocycles. The number of hydrogen-bond donors (Lipinski definition) is 1. The van der Waals surface area contributed by atoms with Crippen molar-refractivity contribution >= 4 is 27.6 Å². The van der Waals surface area contributed by atoms with E-state index in [0.717, 1.165) is 25.7 Å². The summed E-state index contributed by atoms with van der Waals surface area (Å²) in [6.07, 6.45) is 4.99. The van der Waals surface area contributed by atoms with Crippen molar-refractivity contribution in [2.75, 3.05) is 25.0 Å². The predicted octanol–water partition coefficient (Wildman–Crippen LogP) is 2.83. The van der Waals surface area contributed by atoms with Crippen LogP contribution in [0.25, 0.3) is 0 Å². The summed E-state index contributed by atoms with van der Waals surface area (Å²) in [4.78, 5) is 8.24. The average molecular weight is 501 g/mol. The number of ether oxygens (including phenoxy) is 3. The van der Waals surface area contributed by atoms with Crippen molar-refractivity contribution in [3.8, 4) is 0 Å². The van der Waals surface area contributed by atoms with E-state index in [0.29, 0.717) is 24.1 Å². The van der Waals surface area contributed by atoms with Gasteiger partial charge in [0.05, 0.1) is 11.1 Å². The second kappa shape index (κ2) is 10.2. The zero-order valence-corrected chi connectivity index (χ0v) is 20.4. The molecule has 0 spiro atoms. The lowest BCUT2D eigenvalue weighted by atomic mass is 10.1. The molecule has 33 heavy (non-hydrogen) atoms. The molecule has 1 N–H and O–H groups in total. The Kier molecular flexibility index (Phi) is 7.49. The standard InChI is InChI=1S/C20H29ClN6O5S/c1-12-4-5-16(32-12)19-24-25-20(27(19)15-6-8-31-9-7-15)26-33(28,29)13(2)17(30-3)18-22-10-14(21)11-23-18/h10-13,15-17H,4-9H2,1-3H3,(H,25,26)/t12-,13?,16-,17?/m0/s1. The molecule has 2 aliphatic rings. The molecule has 0 bridgehead atoms. The minimum atomic E-state index is -3.95. The molecule has 0 amide bonds. The summed E-state index contributed by atoms with van der Waals surface area (Å²) >= 11 is 5.86. The third-order valence-electron chi connectivity index (χ3n) is 6.10. The van der Waals surface area contributed by atoms with E-state index in [4.69, 9.17) is 25.8 Å². The first-order chi connectivity index (χ1) is 15.8. The Labute approximate surface area is 198 Å². The number of hydrogen-bond acceptors (Lipinski definition) is 9. The summed E-state index contributed by atoms with van der Waals surface area (Å²) in [5.74, 6) is 1.03. The highest BCUT2D eigenvalue weighted by molar-refractivity contribution is 7.93. The molecule has 2 aliphatic heterocycles. The van der Waals surface area contributed by atoms with Gasteiger partial charge in [-0.15, -0.1) is 10.2 Å². The van der Waals surface area contributed by atoms with Gasteiger partial charge in [0.25, 0.3) is 0 Å². The summed E-state index contributed by atoms with van der Waals surface area (Å²) in [5, 5.41) is 7.88. The van der Waals surface area contributed by atoms with Crippen LogP contribution in [0.15, 0.2) is 12.4 Å². The third-order valence-corrected chi connectivity index (χ3v) is 7.98. The van der Waals surface area contributed by atoms with Crippen molar-refractivity contribution in [3.63, 3.8) is 0 Å². The summed E-state index contributed by atoms with van der Waals surface area (Å²) in [6, 6.07) is 0.00841. The van der Waals surface area contributed by atoms with E-state index >= 15 is 0 Å². The fraction of sp³-hybridized carbons (Fsp3) is 0.700. The van der Waals surface area contributed by atoms with Gasteiger partial charge in [0.15, 0.2) is 11.6 Å². The van der Waals surface area contributed by atoms with Gasteiger partial charge in [-0.2, -0.15) is 0 Å². The maximum atomic E-state index is 13.3. The average Bonchev–Trinajstić information content (AvgIpc) is 3.41. The van der Waals surface area contributed by atoms with Gasteiger partial charge in [-0.25, -0.2) is 18.4 Å². The quantitative estimate of drug-likeness (QED) is 0.581. The Hall–Kier alpha value is -1.86. The molecule has 2 saturated heterocycles. The lowest BCUT2D eigenvalue weighted by Crippen LogP contribution is -2.34. The molecule has 2 unspecified atom stereocenters. The van der Waals surface area contributed by atoms with Crippen LogP contribution in [0.3, 0.4) is 0 Å². The SMILES string of the molecule is COC(c1ncc(Cl)cn1)C(C)S(=O)(=O)Nc1nnc([C@@H]2CC[C@H](C)O2)n1C1CCOCC1. The summed E-state index contributed by atoms with van der Waals surface area (Å²) < 4.78 is 48.2. The molecule has 2 aromatic rings. The molecule has 4 atom stereocenters. The number of methoxy groups -OCH3 is 1. The number of nitrogens with zero attached hydrogens (tertiary/aromatic N) is 5. The normalized spacial score (nSPS) is 24.0. The predicted molar refractivity (Wildman–Crippen MR) is 120 cm³/mol. The van der Waals surface area contributed by atoms with Crippen LogP contribution in [-0.2, 0) is 24.2 Å². The molecule has 0 aliphatic carbocycles. The lowest BCUT2D eigenvalue weighted by molar-refractivity contribution is 0.0397. The van der Waals surface area contributed by atoms with Gasteiger partial charge in [0.2, 0.25) is 16.0 Å². The largest absolute Gasteiger partial charge is 0.381 e. The van der Waals surface area contributed by atoms with Crippen molar-refractivity contribution in [1.29, 1.82) is 0 Å². The van der Waals surface area contributed by atoms with Crippen molar-refractivity contribution in [2.45, 2.75) is 69.1 Å². The molecule has 4 rings (SSSR count). The van der Waals surface area contributed by atoms with Crippen LogP contribution < -0.4 is 4.72 Å². The topological polar surface area (TPSA) is 130 Å². The van der Waals surface area contributed by atoms with E-state index in [1.807, 2.05) is 11.5 Å². The van der Waals surface area contributed by atoms with Crippen LogP contribution >= 0.6 is 11.6 Å². The molecule has 11 nitrogen and oxygen atoms in total. The highest BCUT2D eigenvalue weighted by Gasteiger charge is 2.37. The number of nitrogens with one attached hydrogen (secondary N) is 1. The Balaban J connectivity index is 1.62. The van der Waals surface area contributed by atoms with Crippen molar-refractivity contribution < 1.29 is 22.6 Å². The molecule has 13 heteroatoms. The Morgan fingerprint density at radius 1 is 1.18 bits per heavy atom. The first kappa shape index (κ1) is 24.3. The number of rotatable bonds is 8. The maximum absolute atomic E-state index is 13.3. The highest BCUT2D eigenvalue weighted by atomic mass is 35.5. The molecule has 2 fully saturated rings. The number of anilines is 1. The summed E-state index contributed by atoms with van der Waals surface area (Å²) in [7, 11) is -2.54. The van der Waals surface area contributed by atoms with Crippen molar-refractivity contribution in [2.24, 2.45) is 0 Å². The van der Waals surface area contributed by atoms with Crippen LogP contribution in [0.2, 0.25) is 5.02 Å². The number of sulfonamides is 1. The van der Waals surface area contributed by atoms with Crippen LogP contribution in [0.4, 0.5) is 5.95 Å². The molecule has 0 radical (unpaired) electrons. The summed E-state index contributed by atoms with van der Waals surface area (Å²) in [6.45, 7) is 4.73. The fourth-order valence-corrected chi connectivity index (χ4v) is 5.48. The van der Waals surface area contributed by atoms with Gasteiger partial charge >= 0.3 is 0 Å². The van der Waals surface area contributed by atoms with Crippen LogP contribution in [0, 0.1) is 0 Å². The van der Waals surface area contributed by atoms with E-state index in [1.54, 1.807) is 0 Å². The molecule has 182 valence electrons. The maximum Gasteiger partial charge on any atom is 0.240 e. The molecule has 4 heterocycles.